The lowest BCUT2D eigenvalue weighted by Gasteiger charge is -2.05. The molecule has 0 saturated heterocycles. The van der Waals surface area contributed by atoms with Crippen LogP contribution in [0.4, 0.5) is 0 Å². The van der Waals surface area contributed by atoms with Gasteiger partial charge < -0.3 is 11.1 Å². The highest BCUT2D eigenvalue weighted by Gasteiger charge is 2.13. The molecule has 0 aliphatic rings. The Morgan fingerprint density at radius 2 is 2.00 bits per heavy atom. The van der Waals surface area contributed by atoms with Crippen molar-refractivity contribution in [3.05, 3.63) is 34.3 Å². The molecule has 14 heavy (non-hydrogen) atoms. The number of nitrogens with two attached hydrogens (primary N) is 1. The highest BCUT2D eigenvalue weighted by Crippen LogP contribution is 2.15. The van der Waals surface area contributed by atoms with Gasteiger partial charge in [0.1, 0.15) is 0 Å². The molecule has 0 radical (unpaired) electrons. The van der Waals surface area contributed by atoms with E-state index in [1.807, 2.05) is 0 Å². The highest BCUT2D eigenvalue weighted by molar-refractivity contribution is 6.31. The lowest BCUT2D eigenvalue weighted by atomic mass is 10.1. The van der Waals surface area contributed by atoms with Crippen molar-refractivity contribution in [3.63, 3.8) is 0 Å². The van der Waals surface area contributed by atoms with Crippen LogP contribution in [0.5, 0.6) is 0 Å². The SMILES string of the molecule is CNC(=O)c1ccc(Cl)cc1C(N)=O. The first kappa shape index (κ1) is 10.5. The van der Waals surface area contributed by atoms with Crippen LogP contribution >= 0.6 is 11.6 Å². The molecule has 1 rings (SSSR count). The van der Waals surface area contributed by atoms with E-state index in [1.54, 1.807) is 0 Å². The Morgan fingerprint density at radius 3 is 2.50 bits per heavy atom. The third-order valence-corrected chi connectivity index (χ3v) is 1.95. The number of carbonyl (C=O) groups excluding carboxylic acids is 2. The summed E-state index contributed by atoms with van der Waals surface area (Å²) in [4.78, 5) is 22.3. The van der Waals surface area contributed by atoms with Crippen LogP contribution in [-0.2, 0) is 0 Å². The monoisotopic (exact) mass is 212 g/mol. The third kappa shape index (κ3) is 2.03. The second kappa shape index (κ2) is 4.11. The van der Waals surface area contributed by atoms with Gasteiger partial charge in [-0.2, -0.15) is 0 Å². The fraction of sp³-hybridized carbons (Fsp3) is 0.111. The molecule has 0 bridgehead atoms. The molecule has 1 aromatic rings. The van der Waals surface area contributed by atoms with E-state index in [-0.39, 0.29) is 17.0 Å². The third-order valence-electron chi connectivity index (χ3n) is 1.72. The topological polar surface area (TPSA) is 72.2 Å². The molecule has 4 nitrogen and oxygen atoms in total. The van der Waals surface area contributed by atoms with E-state index in [1.165, 1.54) is 25.2 Å². The van der Waals surface area contributed by atoms with Gasteiger partial charge in [0.15, 0.2) is 0 Å². The molecule has 0 aliphatic heterocycles. The molecule has 0 atom stereocenters. The van der Waals surface area contributed by atoms with Gasteiger partial charge >= 0.3 is 0 Å². The van der Waals surface area contributed by atoms with Crippen LogP contribution in [0.15, 0.2) is 18.2 Å². The zero-order valence-corrected chi connectivity index (χ0v) is 8.26. The number of nitrogens with one attached hydrogen (secondary N) is 1. The number of halogens is 1. The van der Waals surface area contributed by atoms with E-state index >= 15 is 0 Å². The maximum atomic E-state index is 11.3. The van der Waals surface area contributed by atoms with Crippen molar-refractivity contribution in [1.29, 1.82) is 0 Å². The lowest BCUT2D eigenvalue weighted by molar-refractivity contribution is 0.0943. The molecule has 0 saturated carbocycles. The Labute approximate surface area is 86.0 Å². The van der Waals surface area contributed by atoms with Crippen molar-refractivity contribution in [3.8, 4) is 0 Å². The Morgan fingerprint density at radius 1 is 1.36 bits per heavy atom. The Bertz CT molecular complexity index is 390. The van der Waals surface area contributed by atoms with Gasteiger partial charge in [0, 0.05) is 12.1 Å². The van der Waals surface area contributed by atoms with Crippen molar-refractivity contribution in [2.24, 2.45) is 5.73 Å². The minimum absolute atomic E-state index is 0.122. The van der Waals surface area contributed by atoms with Crippen molar-refractivity contribution in [1.82, 2.24) is 5.32 Å². The smallest absolute Gasteiger partial charge is 0.251 e. The zero-order valence-electron chi connectivity index (χ0n) is 7.50. The van der Waals surface area contributed by atoms with E-state index < -0.39 is 5.91 Å². The summed E-state index contributed by atoms with van der Waals surface area (Å²) in [5.74, 6) is -1.04. The second-order valence-electron chi connectivity index (χ2n) is 2.63. The van der Waals surface area contributed by atoms with E-state index in [0.717, 1.165) is 0 Å². The fourth-order valence-corrected chi connectivity index (χ4v) is 1.23. The molecule has 0 fully saturated rings. The van der Waals surface area contributed by atoms with E-state index in [0.29, 0.717) is 5.02 Å². The quantitative estimate of drug-likeness (QED) is 0.761. The van der Waals surface area contributed by atoms with Crippen LogP contribution < -0.4 is 11.1 Å². The summed E-state index contributed by atoms with van der Waals surface area (Å²) in [6.45, 7) is 0. The summed E-state index contributed by atoms with van der Waals surface area (Å²) >= 11 is 5.67. The van der Waals surface area contributed by atoms with Crippen molar-refractivity contribution < 1.29 is 9.59 Å². The van der Waals surface area contributed by atoms with Crippen LogP contribution in [0.1, 0.15) is 20.7 Å². The summed E-state index contributed by atoms with van der Waals surface area (Å²) in [6, 6.07) is 4.36. The first-order valence-corrected chi connectivity index (χ1v) is 4.25. The molecule has 0 aliphatic carbocycles. The van der Waals surface area contributed by atoms with Crippen molar-refractivity contribution in [2.45, 2.75) is 0 Å². The van der Waals surface area contributed by atoms with Gasteiger partial charge in [-0.1, -0.05) is 11.6 Å². The Hall–Kier alpha value is -1.55. The zero-order chi connectivity index (χ0) is 10.7. The minimum atomic E-state index is -0.675. The number of carbonyl (C=O) groups is 2. The first-order valence-electron chi connectivity index (χ1n) is 3.87. The van der Waals surface area contributed by atoms with E-state index in [9.17, 15) is 9.59 Å². The van der Waals surface area contributed by atoms with Gasteiger partial charge in [-0.25, -0.2) is 0 Å². The molecule has 5 heteroatoms. The highest BCUT2D eigenvalue weighted by atomic mass is 35.5. The van der Waals surface area contributed by atoms with Gasteiger partial charge in [0.25, 0.3) is 5.91 Å². The molecular weight excluding hydrogens is 204 g/mol. The maximum absolute atomic E-state index is 11.3. The summed E-state index contributed by atoms with van der Waals surface area (Å²) < 4.78 is 0. The van der Waals surface area contributed by atoms with Crippen LogP contribution in [0.25, 0.3) is 0 Å². The lowest BCUT2D eigenvalue weighted by Crippen LogP contribution is -2.23. The Balaban J connectivity index is 3.28. The molecule has 2 amide bonds. The van der Waals surface area contributed by atoms with E-state index in [4.69, 9.17) is 17.3 Å². The van der Waals surface area contributed by atoms with Crippen molar-refractivity contribution in [2.75, 3.05) is 7.05 Å². The van der Waals surface area contributed by atoms with Gasteiger partial charge in [0.05, 0.1) is 11.1 Å². The molecule has 0 unspecified atom stereocenters. The number of benzene rings is 1. The number of hydrogen-bond donors (Lipinski definition) is 2. The Kier molecular flexibility index (Phi) is 3.09. The molecule has 0 spiro atoms. The van der Waals surface area contributed by atoms with Crippen LogP contribution in [0.3, 0.4) is 0 Å². The maximum Gasteiger partial charge on any atom is 0.251 e. The molecular formula is C9H9ClN2O2. The van der Waals surface area contributed by atoms with Gasteiger partial charge in [0.2, 0.25) is 5.91 Å². The van der Waals surface area contributed by atoms with Gasteiger partial charge in [-0.05, 0) is 18.2 Å². The normalized spacial score (nSPS) is 9.57. The van der Waals surface area contributed by atoms with Gasteiger partial charge in [-0.3, -0.25) is 9.59 Å². The number of primary amides is 1. The molecule has 0 aromatic heterocycles. The minimum Gasteiger partial charge on any atom is -0.366 e. The van der Waals surface area contributed by atoms with Crippen LogP contribution in [-0.4, -0.2) is 18.9 Å². The molecule has 3 N–H and O–H groups in total. The van der Waals surface area contributed by atoms with Crippen molar-refractivity contribution >= 4 is 23.4 Å². The molecule has 1 aromatic carbocycles. The summed E-state index contributed by atoms with van der Waals surface area (Å²) in [5, 5.41) is 2.77. The first-order chi connectivity index (χ1) is 6.56. The molecule has 0 heterocycles. The van der Waals surface area contributed by atoms with E-state index in [2.05, 4.69) is 5.32 Å². The fourth-order valence-electron chi connectivity index (χ4n) is 1.05. The largest absolute Gasteiger partial charge is 0.366 e. The average Bonchev–Trinajstić information content (AvgIpc) is 2.16. The summed E-state index contributed by atoms with van der Waals surface area (Å²) in [6.07, 6.45) is 0. The predicted molar refractivity (Wildman–Crippen MR) is 53.4 cm³/mol. The standard InChI is InChI=1S/C9H9ClN2O2/c1-12-9(14)6-3-2-5(10)4-7(6)8(11)13/h2-4H,1H3,(H2,11,13)(H,12,14). The number of hydrogen-bond acceptors (Lipinski definition) is 2. The van der Waals surface area contributed by atoms with Gasteiger partial charge in [-0.15, -0.1) is 0 Å². The summed E-state index contributed by atoms with van der Waals surface area (Å²) in [5.41, 5.74) is 5.45. The summed E-state index contributed by atoms with van der Waals surface area (Å²) in [7, 11) is 1.47. The predicted octanol–water partition coefficient (Wildman–Crippen LogP) is 0.799. The second-order valence-corrected chi connectivity index (χ2v) is 3.07. The van der Waals surface area contributed by atoms with Crippen LogP contribution in [0, 0.1) is 0 Å². The number of amides is 2. The number of rotatable bonds is 2. The van der Waals surface area contributed by atoms with Crippen LogP contribution in [0.2, 0.25) is 5.02 Å². The molecule has 74 valence electrons. The average molecular weight is 213 g/mol.